The highest BCUT2D eigenvalue weighted by Crippen LogP contribution is 2.38. The highest BCUT2D eigenvalue weighted by atomic mass is 35.5. The minimum absolute atomic E-state index is 0.0805. The fraction of sp³-hybridized carbons (Fsp3) is 0.200. The Bertz CT molecular complexity index is 1050. The third-order valence-corrected chi connectivity index (χ3v) is 6.11. The fourth-order valence-corrected chi connectivity index (χ4v) is 4.29. The monoisotopic (exact) mass is 418 g/mol. The van der Waals surface area contributed by atoms with Crippen LogP contribution in [0, 0.1) is 0 Å². The Kier molecular flexibility index (Phi) is 5.02. The number of benzene rings is 2. The van der Waals surface area contributed by atoms with Gasteiger partial charge in [0.05, 0.1) is 33.7 Å². The quantitative estimate of drug-likeness (QED) is 0.781. The van der Waals surface area contributed by atoms with E-state index in [1.165, 1.54) is 30.3 Å². The van der Waals surface area contributed by atoms with E-state index in [1.807, 2.05) is 0 Å². The minimum atomic E-state index is -4.11. The van der Waals surface area contributed by atoms with Crippen LogP contribution in [0.4, 0.5) is 5.69 Å². The van der Waals surface area contributed by atoms with Gasteiger partial charge in [-0.15, -0.1) is 0 Å². The number of ether oxygens (including phenoxy) is 2. The van der Waals surface area contributed by atoms with E-state index in [0.717, 1.165) is 6.07 Å². The molecule has 0 spiro atoms. The van der Waals surface area contributed by atoms with E-state index in [4.69, 9.17) is 26.2 Å². The summed E-state index contributed by atoms with van der Waals surface area (Å²) in [6, 6.07) is 7.58. The predicted octanol–water partition coefficient (Wildman–Crippen LogP) is 1.95. The molecular formula is C15H15ClN2O6S2. The molecule has 0 aromatic heterocycles. The molecule has 0 unspecified atom stereocenters. The molecule has 0 atom stereocenters. The molecular weight excluding hydrogens is 404 g/mol. The third-order valence-electron chi connectivity index (χ3n) is 3.53. The van der Waals surface area contributed by atoms with E-state index in [-0.39, 0.29) is 20.5 Å². The molecule has 0 saturated heterocycles. The smallest absolute Gasteiger partial charge is 0.261 e. The third kappa shape index (κ3) is 4.04. The Hall–Kier alpha value is -2.01. The molecule has 0 amide bonds. The van der Waals surface area contributed by atoms with Gasteiger partial charge in [-0.1, -0.05) is 17.7 Å². The first-order chi connectivity index (χ1) is 12.2. The molecule has 26 heavy (non-hydrogen) atoms. The van der Waals surface area contributed by atoms with Crippen molar-refractivity contribution in [2.45, 2.75) is 16.2 Å². The van der Waals surface area contributed by atoms with Crippen LogP contribution in [0.15, 0.2) is 46.2 Å². The summed E-state index contributed by atoms with van der Waals surface area (Å²) in [6.45, 7) is 0.895. The van der Waals surface area contributed by atoms with Gasteiger partial charge in [-0.3, -0.25) is 4.72 Å². The number of anilines is 1. The summed E-state index contributed by atoms with van der Waals surface area (Å²) in [7, 11) is -8.14. The standard InChI is InChI=1S/C15H15ClN2O6S2/c16-12-8-14-15(24-6-2-5-23-14)9-13(12)18-26(21,22)11-4-1-3-10(7-11)25(17,19)20/h1,3-4,7-9,18H,2,5-6H2,(H2,17,19,20). The predicted molar refractivity (Wildman–Crippen MR) is 95.7 cm³/mol. The number of hydrogen-bond donors (Lipinski definition) is 2. The van der Waals surface area contributed by atoms with Gasteiger partial charge in [0.2, 0.25) is 10.0 Å². The maximum absolute atomic E-state index is 12.6. The number of fused-ring (bicyclic) bond motifs is 1. The van der Waals surface area contributed by atoms with E-state index >= 15 is 0 Å². The molecule has 0 radical (unpaired) electrons. The Labute approximate surface area is 156 Å². The van der Waals surface area contributed by atoms with Crippen LogP contribution in [-0.2, 0) is 20.0 Å². The van der Waals surface area contributed by atoms with Crippen LogP contribution in [0.5, 0.6) is 11.5 Å². The molecule has 0 saturated carbocycles. The fourth-order valence-electron chi connectivity index (χ4n) is 2.28. The Balaban J connectivity index is 1.97. The Morgan fingerprint density at radius 1 is 0.962 bits per heavy atom. The summed E-state index contributed by atoms with van der Waals surface area (Å²) in [5.74, 6) is 0.787. The number of nitrogens with two attached hydrogens (primary N) is 1. The molecule has 3 N–H and O–H groups in total. The van der Waals surface area contributed by atoms with Crippen molar-refractivity contribution < 1.29 is 26.3 Å². The lowest BCUT2D eigenvalue weighted by Gasteiger charge is -2.14. The molecule has 11 heteroatoms. The summed E-state index contributed by atoms with van der Waals surface area (Å²) in [6.07, 6.45) is 0.688. The molecule has 140 valence electrons. The molecule has 0 aliphatic carbocycles. The average molecular weight is 419 g/mol. The number of nitrogens with one attached hydrogen (secondary N) is 1. The molecule has 1 aliphatic heterocycles. The van der Waals surface area contributed by atoms with Gasteiger partial charge in [-0.05, 0) is 18.2 Å². The summed E-state index contributed by atoms with van der Waals surface area (Å²) in [5.41, 5.74) is 0.0805. The van der Waals surface area contributed by atoms with Crippen molar-refractivity contribution in [1.29, 1.82) is 0 Å². The molecule has 1 aliphatic rings. The first kappa shape index (κ1) is 18.8. The van der Waals surface area contributed by atoms with Gasteiger partial charge < -0.3 is 9.47 Å². The van der Waals surface area contributed by atoms with Gasteiger partial charge in [0.25, 0.3) is 10.0 Å². The van der Waals surface area contributed by atoms with Crippen molar-refractivity contribution >= 4 is 37.3 Å². The van der Waals surface area contributed by atoms with E-state index < -0.39 is 20.0 Å². The Morgan fingerprint density at radius 2 is 1.58 bits per heavy atom. The molecule has 2 aromatic rings. The second-order valence-corrected chi connectivity index (χ2v) is 9.11. The van der Waals surface area contributed by atoms with Crippen LogP contribution in [0.2, 0.25) is 5.02 Å². The van der Waals surface area contributed by atoms with Crippen LogP contribution >= 0.6 is 11.6 Å². The molecule has 0 fully saturated rings. The maximum Gasteiger partial charge on any atom is 0.261 e. The largest absolute Gasteiger partial charge is 0.490 e. The number of halogens is 1. The first-order valence-electron chi connectivity index (χ1n) is 7.42. The summed E-state index contributed by atoms with van der Waals surface area (Å²) < 4.78 is 61.4. The zero-order chi connectivity index (χ0) is 18.9. The van der Waals surface area contributed by atoms with Gasteiger partial charge >= 0.3 is 0 Å². The molecule has 3 rings (SSSR count). The zero-order valence-electron chi connectivity index (χ0n) is 13.3. The SMILES string of the molecule is NS(=O)(=O)c1cccc(S(=O)(=O)Nc2cc3c(cc2Cl)OCCCO3)c1. The van der Waals surface area contributed by atoms with Crippen LogP contribution in [-0.4, -0.2) is 30.0 Å². The van der Waals surface area contributed by atoms with Crippen molar-refractivity contribution in [1.82, 2.24) is 0 Å². The lowest BCUT2D eigenvalue weighted by Crippen LogP contribution is -2.16. The van der Waals surface area contributed by atoms with E-state index in [9.17, 15) is 16.8 Å². The van der Waals surface area contributed by atoms with Gasteiger partial charge in [0, 0.05) is 18.6 Å². The second kappa shape index (κ2) is 6.95. The van der Waals surface area contributed by atoms with Crippen molar-refractivity contribution in [2.75, 3.05) is 17.9 Å². The van der Waals surface area contributed by atoms with E-state index in [0.29, 0.717) is 31.1 Å². The average Bonchev–Trinajstić information content (AvgIpc) is 2.79. The van der Waals surface area contributed by atoms with Crippen LogP contribution in [0.1, 0.15) is 6.42 Å². The summed E-state index contributed by atoms with van der Waals surface area (Å²) in [4.78, 5) is -0.586. The highest BCUT2D eigenvalue weighted by molar-refractivity contribution is 7.93. The molecule has 0 bridgehead atoms. The zero-order valence-corrected chi connectivity index (χ0v) is 15.7. The van der Waals surface area contributed by atoms with E-state index in [2.05, 4.69) is 4.72 Å². The molecule has 1 heterocycles. The lowest BCUT2D eigenvalue weighted by atomic mass is 10.3. The number of rotatable bonds is 4. The van der Waals surface area contributed by atoms with Gasteiger partial charge in [-0.25, -0.2) is 22.0 Å². The highest BCUT2D eigenvalue weighted by Gasteiger charge is 2.21. The van der Waals surface area contributed by atoms with Gasteiger partial charge in [0.1, 0.15) is 0 Å². The number of sulfonamides is 2. The van der Waals surface area contributed by atoms with E-state index in [1.54, 1.807) is 0 Å². The van der Waals surface area contributed by atoms with Crippen LogP contribution in [0.3, 0.4) is 0 Å². The van der Waals surface area contributed by atoms with Crippen molar-refractivity contribution in [3.8, 4) is 11.5 Å². The minimum Gasteiger partial charge on any atom is -0.490 e. The Morgan fingerprint density at radius 3 is 2.23 bits per heavy atom. The molecule has 2 aromatic carbocycles. The van der Waals surface area contributed by atoms with Crippen molar-refractivity contribution in [3.63, 3.8) is 0 Å². The number of hydrogen-bond acceptors (Lipinski definition) is 6. The van der Waals surface area contributed by atoms with Gasteiger partial charge in [-0.2, -0.15) is 0 Å². The van der Waals surface area contributed by atoms with Crippen molar-refractivity contribution in [3.05, 3.63) is 41.4 Å². The van der Waals surface area contributed by atoms with Gasteiger partial charge in [0.15, 0.2) is 11.5 Å². The normalized spacial score (nSPS) is 14.5. The lowest BCUT2D eigenvalue weighted by molar-refractivity contribution is 0.297. The topological polar surface area (TPSA) is 125 Å². The first-order valence-corrected chi connectivity index (χ1v) is 10.8. The maximum atomic E-state index is 12.6. The van der Waals surface area contributed by atoms with Crippen LogP contribution in [0.25, 0.3) is 0 Å². The van der Waals surface area contributed by atoms with Crippen LogP contribution < -0.4 is 19.3 Å². The van der Waals surface area contributed by atoms with Crippen molar-refractivity contribution in [2.24, 2.45) is 5.14 Å². The molecule has 8 nitrogen and oxygen atoms in total. The summed E-state index contributed by atoms with van der Waals surface area (Å²) in [5, 5.41) is 5.15. The second-order valence-electron chi connectivity index (χ2n) is 5.45. The summed E-state index contributed by atoms with van der Waals surface area (Å²) >= 11 is 6.13. The number of primary sulfonamides is 1.